The molecule has 0 aromatic heterocycles. The number of Topliss-reactive ketones (excluding diaryl/α,β-unsaturated/α-hetero) is 7. The van der Waals surface area contributed by atoms with E-state index in [4.69, 9.17) is 0 Å². The molecule has 73 heavy (non-hydrogen) atoms. The van der Waals surface area contributed by atoms with Crippen molar-refractivity contribution < 1.29 is 43.4 Å². The third-order valence-electron chi connectivity index (χ3n) is 13.5. The second-order valence-electron chi connectivity index (χ2n) is 28.8. The molecule has 11 heteroatoms. The van der Waals surface area contributed by atoms with Crippen LogP contribution in [0.5, 0.6) is 0 Å². The second-order valence-corrected chi connectivity index (χ2v) is 28.8. The molecule has 4 aliphatic rings. The highest BCUT2D eigenvalue weighted by molar-refractivity contribution is 5.88. The highest BCUT2D eigenvalue weighted by Crippen LogP contribution is 2.35. The number of hydrogen-bond acceptors (Lipinski definition) is 11. The summed E-state index contributed by atoms with van der Waals surface area (Å²) in [5, 5.41) is 12.1. The maximum atomic E-state index is 11.7. The molecule has 0 aromatic rings. The quantitative estimate of drug-likeness (QED) is 0.214. The van der Waals surface area contributed by atoms with Gasteiger partial charge in [-0.15, -0.1) is 0 Å². The summed E-state index contributed by atoms with van der Waals surface area (Å²) in [5.74, 6) is 3.66. The predicted molar refractivity (Wildman–Crippen MR) is 305 cm³/mol. The molecule has 0 amide bonds. The first kappa shape index (κ1) is 74.8. The fraction of sp³-hybridized carbons (Fsp3) is 0.887. The van der Waals surface area contributed by atoms with Crippen LogP contribution >= 0.6 is 0 Å². The Labute approximate surface area is 449 Å². The molecule has 4 saturated carbocycles. The summed E-state index contributed by atoms with van der Waals surface area (Å²) in [7, 11) is 7.13. The van der Waals surface area contributed by atoms with Crippen LogP contribution in [-0.4, -0.2) is 105 Å². The molecule has 0 aliphatic heterocycles. The highest BCUT2D eigenvalue weighted by Gasteiger charge is 2.36. The van der Waals surface area contributed by atoms with Crippen molar-refractivity contribution in [2.45, 2.75) is 248 Å². The Morgan fingerprint density at radius 1 is 0.425 bits per heavy atom. The Balaban J connectivity index is -0.000000785. The van der Waals surface area contributed by atoms with E-state index in [0.717, 1.165) is 51.4 Å². The molecule has 0 bridgehead atoms. The lowest BCUT2D eigenvalue weighted by Crippen LogP contribution is -2.31. The molecule has 11 nitrogen and oxygen atoms in total. The van der Waals surface area contributed by atoms with E-state index in [2.05, 4.69) is 10.1 Å². The number of nitrogens with one attached hydrogen (secondary N) is 1. The monoisotopic (exact) mass is 1030 g/mol. The number of ether oxygens (including phenoxy) is 1. The molecule has 0 unspecified atom stereocenters. The largest absolute Gasteiger partial charge is 0.393 e. The van der Waals surface area contributed by atoms with E-state index in [0.29, 0.717) is 60.4 Å². The summed E-state index contributed by atoms with van der Waals surface area (Å²) in [6.07, 6.45) is 16.5. The molecule has 0 spiro atoms. The standard InChI is InChI=1S/C10H18O2.3C10H18O.C8H17NO.C7H15NO.C7H14O2/c1-10(2,3)9(12)7-4-5-8(11)6-7;3*1-10(2,3)9(11)8-6-4-5-7-8;1-8(2,3)7(10)6-9(4)5;1-7(2,3)6(9)5-8-4;1-7(2,3)6(8)5-9-4/h7-8,11H,4-6H2,1-3H3;3*8H,4-7H2,1-3H3;6H2,1-5H3;8H,5H2,1-4H3;5H2,1-4H3/t7-,8-;;;;;;/m0....../s1. The minimum Gasteiger partial charge on any atom is -0.393 e. The number of ketones is 7. The molecule has 4 rings (SSSR count). The molecule has 0 saturated heterocycles. The Morgan fingerprint density at radius 2 is 0.699 bits per heavy atom. The van der Waals surface area contributed by atoms with Crippen LogP contribution in [0.4, 0.5) is 0 Å². The van der Waals surface area contributed by atoms with E-state index < -0.39 is 0 Å². The molecule has 430 valence electrons. The molecule has 0 radical (unpaired) electrons. The third-order valence-corrected chi connectivity index (χ3v) is 13.5. The van der Waals surface area contributed by atoms with Crippen molar-refractivity contribution in [3.63, 3.8) is 0 Å². The van der Waals surface area contributed by atoms with Crippen LogP contribution in [0.25, 0.3) is 0 Å². The van der Waals surface area contributed by atoms with Crippen LogP contribution in [0.2, 0.25) is 0 Å². The molecule has 4 fully saturated rings. The predicted octanol–water partition coefficient (Wildman–Crippen LogP) is 13.4. The average Bonchev–Trinajstić information content (AvgIpc) is 4.08. The van der Waals surface area contributed by atoms with Gasteiger partial charge in [0.1, 0.15) is 29.7 Å². The number of aliphatic hydroxyl groups excluding tert-OH is 1. The number of hydrogen-bond donors (Lipinski definition) is 2. The summed E-state index contributed by atoms with van der Waals surface area (Å²) in [5.41, 5.74) is -1.23. The topological polar surface area (TPSA) is 164 Å². The minimum atomic E-state index is -0.254. The zero-order valence-electron chi connectivity index (χ0n) is 52.3. The Hall–Kier alpha value is -2.47. The fourth-order valence-electron chi connectivity index (χ4n) is 8.51. The lowest BCUT2D eigenvalue weighted by Gasteiger charge is -2.20. The van der Waals surface area contributed by atoms with E-state index in [1.54, 1.807) is 7.05 Å². The molecule has 0 aromatic carbocycles. The van der Waals surface area contributed by atoms with Crippen LogP contribution in [0.3, 0.4) is 0 Å². The van der Waals surface area contributed by atoms with Gasteiger partial charge in [-0.1, -0.05) is 184 Å². The summed E-state index contributed by atoms with van der Waals surface area (Å²) in [6.45, 7) is 42.5. The Kier molecular flexibility index (Phi) is 34.5. The zero-order valence-corrected chi connectivity index (χ0v) is 52.3. The second kappa shape index (κ2) is 33.6. The van der Waals surface area contributed by atoms with Gasteiger partial charge in [-0.2, -0.15) is 0 Å². The van der Waals surface area contributed by atoms with Crippen LogP contribution in [0.1, 0.15) is 242 Å². The zero-order chi connectivity index (χ0) is 58.1. The lowest BCUT2D eigenvalue weighted by molar-refractivity contribution is -0.131. The fourth-order valence-corrected chi connectivity index (χ4v) is 8.51. The first-order valence-corrected chi connectivity index (χ1v) is 28.0. The van der Waals surface area contributed by atoms with Crippen molar-refractivity contribution in [1.29, 1.82) is 0 Å². The normalized spacial score (nSPS) is 18.9. The van der Waals surface area contributed by atoms with Crippen molar-refractivity contribution in [1.82, 2.24) is 10.2 Å². The van der Waals surface area contributed by atoms with Gasteiger partial charge in [0.15, 0.2) is 17.3 Å². The number of nitrogens with zero attached hydrogens (tertiary/aromatic N) is 1. The summed E-state index contributed by atoms with van der Waals surface area (Å²) in [6, 6.07) is 0. The molecule has 0 heterocycles. The van der Waals surface area contributed by atoms with Gasteiger partial charge in [0.2, 0.25) is 0 Å². The number of methoxy groups -OCH3 is 1. The van der Waals surface area contributed by atoms with Crippen molar-refractivity contribution in [3.05, 3.63) is 0 Å². The van der Waals surface area contributed by atoms with Gasteiger partial charge in [-0.05, 0) is 78.9 Å². The molecule has 4 aliphatic carbocycles. The number of likely N-dealkylation sites (N-methyl/N-ethyl adjacent to an activating group) is 2. The van der Waals surface area contributed by atoms with Crippen molar-refractivity contribution >= 4 is 40.5 Å². The van der Waals surface area contributed by atoms with E-state index in [1.165, 1.54) is 45.6 Å². The molecular formula is C62H118N2O9. The minimum absolute atomic E-state index is 0.111. The van der Waals surface area contributed by atoms with Crippen molar-refractivity contribution in [2.24, 2.45) is 61.6 Å². The summed E-state index contributed by atoms with van der Waals surface area (Å²) < 4.78 is 4.68. The van der Waals surface area contributed by atoms with E-state index in [1.807, 2.05) is 164 Å². The molecule has 2 atom stereocenters. The lowest BCUT2D eigenvalue weighted by atomic mass is 9.82. The first-order chi connectivity index (χ1) is 32.8. The van der Waals surface area contributed by atoms with Gasteiger partial charge < -0.3 is 20.1 Å². The van der Waals surface area contributed by atoms with Gasteiger partial charge in [0.05, 0.1) is 19.2 Å². The van der Waals surface area contributed by atoms with Crippen molar-refractivity contribution in [3.8, 4) is 0 Å². The van der Waals surface area contributed by atoms with Gasteiger partial charge in [0, 0.05) is 68.7 Å². The van der Waals surface area contributed by atoms with Crippen LogP contribution < -0.4 is 5.32 Å². The summed E-state index contributed by atoms with van der Waals surface area (Å²) >= 11 is 0. The van der Waals surface area contributed by atoms with Crippen LogP contribution in [0, 0.1) is 61.6 Å². The third kappa shape index (κ3) is 34.7. The SMILES string of the molecule is CC(C)(C)C(=O)C1CCCC1.CC(C)(C)C(=O)C1CCCC1.CC(C)(C)C(=O)C1CCCC1.CC(C)(C)C(=O)[C@H]1CC[C@H](O)C1.CN(C)CC(=O)C(C)(C)C.CNCC(=O)C(C)(C)C.COCC(=O)C(C)(C)C. The number of carbonyl (C=O) groups excluding carboxylic acids is 7. The average molecular weight is 1040 g/mol. The maximum Gasteiger partial charge on any atom is 0.163 e. The van der Waals surface area contributed by atoms with E-state index >= 15 is 0 Å². The van der Waals surface area contributed by atoms with Gasteiger partial charge in [-0.3, -0.25) is 33.6 Å². The highest BCUT2D eigenvalue weighted by atomic mass is 16.5. The van der Waals surface area contributed by atoms with E-state index in [-0.39, 0.29) is 73.9 Å². The maximum absolute atomic E-state index is 11.7. The van der Waals surface area contributed by atoms with Gasteiger partial charge in [-0.25, -0.2) is 0 Å². The number of rotatable bonds is 10. The smallest absolute Gasteiger partial charge is 0.163 e. The molecule has 2 N–H and O–H groups in total. The van der Waals surface area contributed by atoms with Crippen LogP contribution in [0.15, 0.2) is 0 Å². The van der Waals surface area contributed by atoms with E-state index in [9.17, 15) is 38.7 Å². The Bertz CT molecular complexity index is 1510. The number of aliphatic hydroxyl groups is 1. The summed E-state index contributed by atoms with van der Waals surface area (Å²) in [4.78, 5) is 81.8. The van der Waals surface area contributed by atoms with Gasteiger partial charge >= 0.3 is 0 Å². The Morgan fingerprint density at radius 3 is 0.849 bits per heavy atom. The first-order valence-electron chi connectivity index (χ1n) is 28.0. The number of carbonyl (C=O) groups is 7. The van der Waals surface area contributed by atoms with Crippen LogP contribution in [-0.2, 0) is 38.3 Å². The molecular weight excluding hydrogens is 917 g/mol. The van der Waals surface area contributed by atoms with Gasteiger partial charge in [0.25, 0.3) is 0 Å². The van der Waals surface area contributed by atoms with Crippen molar-refractivity contribution in [2.75, 3.05) is 47.9 Å².